The Bertz CT molecular complexity index is 174. The molecule has 14 heavy (non-hydrogen) atoms. The summed E-state index contributed by atoms with van der Waals surface area (Å²) in [6.45, 7) is 4.82. The van der Waals surface area contributed by atoms with Gasteiger partial charge in [0, 0.05) is 18.5 Å². The lowest BCUT2D eigenvalue weighted by Crippen LogP contribution is -2.44. The molecule has 0 amide bonds. The summed E-state index contributed by atoms with van der Waals surface area (Å²) in [6, 6.07) is 0.108. The van der Waals surface area contributed by atoms with Crippen molar-refractivity contribution in [2.75, 3.05) is 6.54 Å². The van der Waals surface area contributed by atoms with Crippen LogP contribution < -0.4 is 5.84 Å². The summed E-state index contributed by atoms with van der Waals surface area (Å²) in [5.74, 6) is 5.72. The lowest BCUT2D eigenvalue weighted by atomic mass is 9.92. The summed E-state index contributed by atoms with van der Waals surface area (Å²) >= 11 is 0. The predicted molar refractivity (Wildman–Crippen MR) is 52.9 cm³/mol. The maximum Gasteiger partial charge on any atom is 0.241 e. The van der Waals surface area contributed by atoms with E-state index in [0.29, 0.717) is 18.8 Å². The molecule has 1 saturated heterocycles. The summed E-state index contributed by atoms with van der Waals surface area (Å²) < 4.78 is 25.2. The zero-order valence-electron chi connectivity index (χ0n) is 8.92. The molecule has 0 aromatic carbocycles. The minimum Gasteiger partial charge on any atom is -0.269 e. The summed E-state index contributed by atoms with van der Waals surface area (Å²) in [5, 5.41) is 1.74. The van der Waals surface area contributed by atoms with Crippen molar-refractivity contribution >= 4 is 0 Å². The van der Waals surface area contributed by atoms with Crippen molar-refractivity contribution in [1.29, 1.82) is 0 Å². The Hall–Kier alpha value is -0.220. The fourth-order valence-electron chi connectivity index (χ4n) is 2.15. The van der Waals surface area contributed by atoms with Gasteiger partial charge in [0.1, 0.15) is 0 Å². The van der Waals surface area contributed by atoms with Gasteiger partial charge in [-0.1, -0.05) is 13.8 Å². The Balaban J connectivity index is 2.62. The molecule has 0 aliphatic carbocycles. The molecule has 2 atom stereocenters. The van der Waals surface area contributed by atoms with Crippen LogP contribution in [-0.4, -0.2) is 24.0 Å². The van der Waals surface area contributed by atoms with E-state index < -0.39 is 12.3 Å². The number of hydrogen-bond donors (Lipinski definition) is 1. The quantitative estimate of drug-likeness (QED) is 0.702. The molecule has 0 aromatic heterocycles. The molecule has 1 fully saturated rings. The Morgan fingerprint density at radius 2 is 2.00 bits per heavy atom. The molecule has 0 radical (unpaired) electrons. The maximum absolute atomic E-state index is 12.6. The monoisotopic (exact) mass is 206 g/mol. The molecule has 0 spiro atoms. The molecule has 2 N–H and O–H groups in total. The highest BCUT2D eigenvalue weighted by Crippen LogP contribution is 2.29. The van der Waals surface area contributed by atoms with Gasteiger partial charge in [0.05, 0.1) is 0 Å². The van der Waals surface area contributed by atoms with Crippen LogP contribution in [0, 0.1) is 11.8 Å². The first-order chi connectivity index (χ1) is 6.52. The van der Waals surface area contributed by atoms with Gasteiger partial charge in [-0.2, -0.15) is 0 Å². The minimum absolute atomic E-state index is 0.108. The van der Waals surface area contributed by atoms with Gasteiger partial charge in [0.25, 0.3) is 0 Å². The van der Waals surface area contributed by atoms with Gasteiger partial charge < -0.3 is 0 Å². The smallest absolute Gasteiger partial charge is 0.241 e. The number of rotatable bonds is 2. The summed E-state index contributed by atoms with van der Waals surface area (Å²) in [5.41, 5.74) is 0. The SMILES string of the molecule is CC(C)C1CC(C(F)F)CCCN1N. The van der Waals surface area contributed by atoms with E-state index in [0.717, 1.165) is 13.0 Å². The first kappa shape index (κ1) is 11.9. The van der Waals surface area contributed by atoms with Crippen molar-refractivity contribution < 1.29 is 8.78 Å². The van der Waals surface area contributed by atoms with Crippen LogP contribution in [0.15, 0.2) is 0 Å². The van der Waals surface area contributed by atoms with Gasteiger partial charge in [0.15, 0.2) is 0 Å². The Labute approximate surface area is 84.4 Å². The van der Waals surface area contributed by atoms with Gasteiger partial charge in [-0.3, -0.25) is 5.84 Å². The van der Waals surface area contributed by atoms with Crippen LogP contribution in [0.1, 0.15) is 33.1 Å². The van der Waals surface area contributed by atoms with Gasteiger partial charge in [0.2, 0.25) is 6.43 Å². The molecule has 2 nitrogen and oxygen atoms in total. The third-order valence-corrected chi connectivity index (χ3v) is 3.09. The number of halogens is 2. The zero-order chi connectivity index (χ0) is 10.7. The van der Waals surface area contributed by atoms with Crippen LogP contribution in [0.25, 0.3) is 0 Å². The molecule has 1 rings (SSSR count). The fraction of sp³-hybridized carbons (Fsp3) is 1.00. The number of nitrogens with two attached hydrogens (primary N) is 1. The van der Waals surface area contributed by atoms with Gasteiger partial charge in [-0.15, -0.1) is 0 Å². The number of alkyl halides is 2. The molecule has 2 unspecified atom stereocenters. The lowest BCUT2D eigenvalue weighted by Gasteiger charge is -2.29. The van der Waals surface area contributed by atoms with Crippen LogP contribution >= 0.6 is 0 Å². The van der Waals surface area contributed by atoms with Crippen LogP contribution in [0.2, 0.25) is 0 Å². The number of hydrogen-bond acceptors (Lipinski definition) is 2. The van der Waals surface area contributed by atoms with E-state index in [1.54, 1.807) is 5.01 Å². The van der Waals surface area contributed by atoms with E-state index in [2.05, 4.69) is 0 Å². The first-order valence-electron chi connectivity index (χ1n) is 5.32. The molecule has 1 aliphatic heterocycles. The highest BCUT2D eigenvalue weighted by atomic mass is 19.3. The fourth-order valence-corrected chi connectivity index (χ4v) is 2.15. The predicted octanol–water partition coefficient (Wildman–Crippen LogP) is 2.25. The van der Waals surface area contributed by atoms with Crippen molar-refractivity contribution in [2.24, 2.45) is 17.7 Å². The Kier molecular flexibility index (Phi) is 4.26. The molecule has 1 aliphatic rings. The maximum atomic E-state index is 12.6. The van der Waals surface area contributed by atoms with E-state index in [-0.39, 0.29) is 6.04 Å². The Morgan fingerprint density at radius 1 is 1.36 bits per heavy atom. The van der Waals surface area contributed by atoms with Gasteiger partial charge in [-0.05, 0) is 25.2 Å². The molecule has 0 saturated carbocycles. The van der Waals surface area contributed by atoms with Crippen LogP contribution in [0.4, 0.5) is 8.78 Å². The number of hydrazine groups is 1. The second kappa shape index (κ2) is 5.03. The second-order valence-electron chi connectivity index (χ2n) is 4.52. The standard InChI is InChI=1S/C10H20F2N2/c1-7(2)9-6-8(10(11)12)4-3-5-14(9)13/h7-10H,3-6,13H2,1-2H3. The average Bonchev–Trinajstić information content (AvgIpc) is 2.26. The van der Waals surface area contributed by atoms with E-state index in [4.69, 9.17) is 5.84 Å². The third kappa shape index (κ3) is 2.89. The summed E-state index contributed by atoms with van der Waals surface area (Å²) in [4.78, 5) is 0. The molecule has 4 heteroatoms. The van der Waals surface area contributed by atoms with E-state index in [9.17, 15) is 8.78 Å². The van der Waals surface area contributed by atoms with Crippen LogP contribution in [0.5, 0.6) is 0 Å². The van der Waals surface area contributed by atoms with Crippen molar-refractivity contribution in [3.63, 3.8) is 0 Å². The van der Waals surface area contributed by atoms with Crippen LogP contribution in [0.3, 0.4) is 0 Å². The topological polar surface area (TPSA) is 29.3 Å². The van der Waals surface area contributed by atoms with Gasteiger partial charge in [-0.25, -0.2) is 13.8 Å². The van der Waals surface area contributed by atoms with E-state index >= 15 is 0 Å². The lowest BCUT2D eigenvalue weighted by molar-refractivity contribution is 0.0526. The summed E-state index contributed by atoms with van der Waals surface area (Å²) in [6.07, 6.45) is -0.266. The zero-order valence-corrected chi connectivity index (χ0v) is 8.92. The van der Waals surface area contributed by atoms with Crippen molar-refractivity contribution in [2.45, 2.75) is 45.6 Å². The van der Waals surface area contributed by atoms with Crippen molar-refractivity contribution in [3.8, 4) is 0 Å². The molecule has 84 valence electrons. The Morgan fingerprint density at radius 3 is 2.50 bits per heavy atom. The van der Waals surface area contributed by atoms with E-state index in [1.165, 1.54) is 0 Å². The van der Waals surface area contributed by atoms with Gasteiger partial charge >= 0.3 is 0 Å². The highest BCUT2D eigenvalue weighted by molar-refractivity contribution is 4.80. The van der Waals surface area contributed by atoms with E-state index in [1.807, 2.05) is 13.8 Å². The molecular formula is C10H20F2N2. The minimum atomic E-state index is -2.19. The molecular weight excluding hydrogens is 186 g/mol. The average molecular weight is 206 g/mol. The molecule has 1 heterocycles. The van der Waals surface area contributed by atoms with Crippen LogP contribution in [-0.2, 0) is 0 Å². The van der Waals surface area contributed by atoms with Crippen molar-refractivity contribution in [3.05, 3.63) is 0 Å². The number of nitrogens with zero attached hydrogens (tertiary/aromatic N) is 1. The summed E-state index contributed by atoms with van der Waals surface area (Å²) in [7, 11) is 0. The normalized spacial score (nSPS) is 31.1. The first-order valence-corrected chi connectivity index (χ1v) is 5.32. The highest BCUT2D eigenvalue weighted by Gasteiger charge is 2.31. The third-order valence-electron chi connectivity index (χ3n) is 3.09. The van der Waals surface area contributed by atoms with Crippen molar-refractivity contribution in [1.82, 2.24) is 5.01 Å². The second-order valence-corrected chi connectivity index (χ2v) is 4.52. The largest absolute Gasteiger partial charge is 0.269 e. The molecule has 0 bridgehead atoms. The molecule has 0 aromatic rings.